The molecule has 2 aromatic rings. The molecule has 0 radical (unpaired) electrons. The van der Waals surface area contributed by atoms with Crippen molar-refractivity contribution < 1.29 is 9.34 Å². The predicted octanol–water partition coefficient (Wildman–Crippen LogP) is 1.55. The number of pyridine rings is 1. The summed E-state index contributed by atoms with van der Waals surface area (Å²) in [6, 6.07) is 2.90. The minimum Gasteiger partial charge on any atom is -0.423 e. The first-order chi connectivity index (χ1) is 8.69. The van der Waals surface area contributed by atoms with Crippen LogP contribution in [0.2, 0.25) is 0 Å². The second kappa shape index (κ2) is 5.21. The summed E-state index contributed by atoms with van der Waals surface area (Å²) in [5, 5.41) is 21.0. The van der Waals surface area contributed by atoms with Gasteiger partial charge in [-0.05, 0) is 6.07 Å². The van der Waals surface area contributed by atoms with Crippen LogP contribution in [0.1, 0.15) is 18.7 Å². The van der Waals surface area contributed by atoms with Crippen molar-refractivity contribution in [1.82, 2.24) is 15.2 Å². The van der Waals surface area contributed by atoms with Crippen LogP contribution in [0.15, 0.2) is 22.7 Å². The summed E-state index contributed by atoms with van der Waals surface area (Å²) in [6.07, 6.45) is 1.87. The van der Waals surface area contributed by atoms with Gasteiger partial charge < -0.3 is 9.73 Å². The van der Waals surface area contributed by atoms with Gasteiger partial charge in [0.25, 0.3) is 5.69 Å². The normalized spacial score (nSPS) is 10.3. The molecule has 8 nitrogen and oxygen atoms in total. The summed E-state index contributed by atoms with van der Waals surface area (Å²) in [6.45, 7) is 2.25. The fraction of sp³-hybridized carbons (Fsp3) is 0.300. The molecular weight excluding hydrogens is 238 g/mol. The molecule has 0 atom stereocenters. The zero-order chi connectivity index (χ0) is 13.0. The molecule has 0 bridgehead atoms. The Bertz CT molecular complexity index is 537. The Morgan fingerprint density at radius 1 is 1.39 bits per heavy atom. The van der Waals surface area contributed by atoms with E-state index in [1.54, 1.807) is 0 Å². The van der Waals surface area contributed by atoms with Crippen LogP contribution in [-0.4, -0.2) is 20.1 Å². The number of nitrogens with one attached hydrogen (secondary N) is 1. The van der Waals surface area contributed by atoms with E-state index < -0.39 is 4.92 Å². The third-order valence-corrected chi connectivity index (χ3v) is 2.19. The minimum atomic E-state index is -0.498. The van der Waals surface area contributed by atoms with E-state index in [4.69, 9.17) is 4.42 Å². The highest BCUT2D eigenvalue weighted by molar-refractivity contribution is 5.39. The van der Waals surface area contributed by atoms with E-state index in [9.17, 15) is 10.1 Å². The van der Waals surface area contributed by atoms with Crippen molar-refractivity contribution in [1.29, 1.82) is 0 Å². The van der Waals surface area contributed by atoms with Gasteiger partial charge in [-0.2, -0.15) is 0 Å². The molecule has 0 aliphatic carbocycles. The SMILES string of the molecule is CCc1nnc(CNc2ccc([N+](=O)[O-])cn2)o1. The number of hydrogen-bond donors (Lipinski definition) is 1. The number of nitrogens with zero attached hydrogens (tertiary/aromatic N) is 4. The summed E-state index contributed by atoms with van der Waals surface area (Å²) < 4.78 is 5.30. The van der Waals surface area contributed by atoms with Crippen LogP contribution in [0.25, 0.3) is 0 Å². The Hall–Kier alpha value is -2.51. The fourth-order valence-electron chi connectivity index (χ4n) is 1.27. The molecule has 2 heterocycles. The Morgan fingerprint density at radius 3 is 2.72 bits per heavy atom. The fourth-order valence-corrected chi connectivity index (χ4v) is 1.27. The number of aromatic nitrogens is 3. The molecular formula is C10H11N5O3. The third-order valence-electron chi connectivity index (χ3n) is 2.19. The lowest BCUT2D eigenvalue weighted by Crippen LogP contribution is -2.01. The minimum absolute atomic E-state index is 0.0494. The quantitative estimate of drug-likeness (QED) is 0.632. The highest BCUT2D eigenvalue weighted by atomic mass is 16.6. The average molecular weight is 249 g/mol. The standard InChI is InChI=1S/C10H11N5O3/c1-2-9-13-14-10(18-9)6-12-8-4-3-7(5-11-8)15(16)17/h3-5H,2,6H2,1H3,(H,11,12). The third kappa shape index (κ3) is 2.78. The molecule has 0 aliphatic heterocycles. The van der Waals surface area contributed by atoms with Gasteiger partial charge in [-0.3, -0.25) is 10.1 Å². The summed E-state index contributed by atoms with van der Waals surface area (Å²) in [7, 11) is 0. The van der Waals surface area contributed by atoms with Crippen molar-refractivity contribution >= 4 is 11.5 Å². The molecule has 94 valence electrons. The van der Waals surface area contributed by atoms with Crippen LogP contribution in [-0.2, 0) is 13.0 Å². The molecule has 0 saturated heterocycles. The smallest absolute Gasteiger partial charge is 0.287 e. The highest BCUT2D eigenvalue weighted by Crippen LogP contribution is 2.12. The maximum Gasteiger partial charge on any atom is 0.287 e. The molecule has 1 N–H and O–H groups in total. The van der Waals surface area contributed by atoms with Gasteiger partial charge in [0.05, 0.1) is 11.5 Å². The maximum absolute atomic E-state index is 10.4. The molecule has 0 aliphatic rings. The van der Waals surface area contributed by atoms with Gasteiger partial charge in [-0.1, -0.05) is 6.92 Å². The van der Waals surface area contributed by atoms with Gasteiger partial charge >= 0.3 is 0 Å². The first kappa shape index (κ1) is 12.0. The number of anilines is 1. The first-order valence-electron chi connectivity index (χ1n) is 5.34. The van der Waals surface area contributed by atoms with Crippen molar-refractivity contribution in [2.24, 2.45) is 0 Å². The number of nitro groups is 1. The van der Waals surface area contributed by atoms with Gasteiger partial charge in [-0.15, -0.1) is 10.2 Å². The van der Waals surface area contributed by atoms with Crippen molar-refractivity contribution in [2.45, 2.75) is 19.9 Å². The molecule has 0 saturated carbocycles. The molecule has 0 amide bonds. The van der Waals surface area contributed by atoms with Crippen LogP contribution in [0.4, 0.5) is 11.5 Å². The largest absolute Gasteiger partial charge is 0.423 e. The van der Waals surface area contributed by atoms with E-state index >= 15 is 0 Å². The van der Waals surface area contributed by atoms with Crippen molar-refractivity contribution in [2.75, 3.05) is 5.32 Å². The Balaban J connectivity index is 1.95. The zero-order valence-corrected chi connectivity index (χ0v) is 9.66. The Morgan fingerprint density at radius 2 is 2.17 bits per heavy atom. The van der Waals surface area contributed by atoms with Crippen LogP contribution in [0.3, 0.4) is 0 Å². The summed E-state index contributed by atoms with van der Waals surface area (Å²) in [5.74, 6) is 1.53. The van der Waals surface area contributed by atoms with Crippen LogP contribution in [0.5, 0.6) is 0 Å². The summed E-state index contributed by atoms with van der Waals surface area (Å²) >= 11 is 0. The lowest BCUT2D eigenvalue weighted by molar-refractivity contribution is -0.385. The lowest BCUT2D eigenvalue weighted by Gasteiger charge is -2.01. The van der Waals surface area contributed by atoms with Crippen molar-refractivity contribution in [3.8, 4) is 0 Å². The Kier molecular flexibility index (Phi) is 3.46. The number of rotatable bonds is 5. The first-order valence-corrected chi connectivity index (χ1v) is 5.34. The number of aryl methyl sites for hydroxylation is 1. The van der Waals surface area contributed by atoms with E-state index in [1.807, 2.05) is 6.92 Å². The monoisotopic (exact) mass is 249 g/mol. The second-order valence-electron chi connectivity index (χ2n) is 3.46. The maximum atomic E-state index is 10.4. The highest BCUT2D eigenvalue weighted by Gasteiger charge is 2.07. The molecule has 0 unspecified atom stereocenters. The zero-order valence-electron chi connectivity index (χ0n) is 9.66. The predicted molar refractivity (Wildman–Crippen MR) is 61.9 cm³/mol. The topological polar surface area (TPSA) is 107 Å². The van der Waals surface area contributed by atoms with Gasteiger partial charge in [0, 0.05) is 12.5 Å². The van der Waals surface area contributed by atoms with Crippen molar-refractivity contribution in [3.05, 3.63) is 40.2 Å². The number of hydrogen-bond acceptors (Lipinski definition) is 7. The molecule has 18 heavy (non-hydrogen) atoms. The van der Waals surface area contributed by atoms with Crippen LogP contribution in [0, 0.1) is 10.1 Å². The van der Waals surface area contributed by atoms with E-state index in [0.717, 1.165) is 0 Å². The molecule has 0 fully saturated rings. The van der Waals surface area contributed by atoms with Crippen LogP contribution < -0.4 is 5.32 Å². The van der Waals surface area contributed by atoms with Crippen LogP contribution >= 0.6 is 0 Å². The van der Waals surface area contributed by atoms with E-state index in [1.165, 1.54) is 18.3 Å². The van der Waals surface area contributed by atoms with E-state index in [2.05, 4.69) is 20.5 Å². The van der Waals surface area contributed by atoms with Crippen molar-refractivity contribution in [3.63, 3.8) is 0 Å². The second-order valence-corrected chi connectivity index (χ2v) is 3.46. The average Bonchev–Trinajstić information content (AvgIpc) is 2.85. The van der Waals surface area contributed by atoms with Gasteiger partial charge in [0.15, 0.2) is 0 Å². The van der Waals surface area contributed by atoms with E-state index in [0.29, 0.717) is 30.6 Å². The lowest BCUT2D eigenvalue weighted by atomic mass is 10.4. The Labute approximate surface area is 102 Å². The van der Waals surface area contributed by atoms with Gasteiger partial charge in [0.1, 0.15) is 12.0 Å². The summed E-state index contributed by atoms with van der Waals surface area (Å²) in [5.41, 5.74) is -0.0494. The van der Waals surface area contributed by atoms with Gasteiger partial charge in [-0.25, -0.2) is 4.98 Å². The molecule has 2 rings (SSSR count). The molecule has 0 aromatic carbocycles. The molecule has 8 heteroatoms. The van der Waals surface area contributed by atoms with Gasteiger partial charge in [0.2, 0.25) is 11.8 Å². The molecule has 2 aromatic heterocycles. The molecule has 0 spiro atoms. The van der Waals surface area contributed by atoms with E-state index in [-0.39, 0.29) is 5.69 Å². The summed E-state index contributed by atoms with van der Waals surface area (Å²) in [4.78, 5) is 13.8.